The number of hydrogen-bond donors (Lipinski definition) is 0. The molecule has 7 heteroatoms. The maximum Gasteiger partial charge on any atom is 0.373 e. The summed E-state index contributed by atoms with van der Waals surface area (Å²) in [6.45, 7) is 6.66. The van der Waals surface area contributed by atoms with Crippen LogP contribution in [0, 0.1) is 0 Å². The number of para-hydroxylation sites is 1. The molecule has 0 saturated carbocycles. The molecular weight excluding hydrogens is 432 g/mol. The number of anilines is 1. The zero-order valence-corrected chi connectivity index (χ0v) is 20.1. The number of hydrogen-bond acceptors (Lipinski definition) is 6. The normalized spacial score (nSPS) is 14.8. The quantitative estimate of drug-likeness (QED) is 0.522. The number of carbonyl (C=O) groups is 2. The molecule has 0 atom stereocenters. The Hall–Kier alpha value is -3.28. The lowest BCUT2D eigenvalue weighted by Crippen LogP contribution is -2.63. The number of carbonyl (C=O) groups excluding carboxylic acids is 4. The van der Waals surface area contributed by atoms with E-state index in [1.807, 2.05) is 50.2 Å². The second-order valence-electron chi connectivity index (χ2n) is 8.25. The predicted octanol–water partition coefficient (Wildman–Crippen LogP) is 3.88. The van der Waals surface area contributed by atoms with Crippen LogP contribution in [0.4, 0.5) is 5.69 Å². The third kappa shape index (κ3) is 7.11. The highest BCUT2D eigenvalue weighted by Gasteiger charge is 2.50. The standard InChI is InChI=1S/C26H34N2O3.CO2/c1-3-21-31-25(30)26(28(24(29)4-2)23-13-9-6-10-14-23)16-19-27(20-17-26)18-15-22-11-7-5-8-12-22;2-1-3/h5-14H,3-4,15-21H2,1-2H3;. The highest BCUT2D eigenvalue weighted by molar-refractivity contribution is 6.02. The molecule has 0 spiro atoms. The van der Waals surface area contributed by atoms with Crippen molar-refractivity contribution in [2.45, 2.75) is 51.5 Å². The lowest BCUT2D eigenvalue weighted by molar-refractivity contribution is -0.191. The second-order valence-corrected chi connectivity index (χ2v) is 8.25. The van der Waals surface area contributed by atoms with Gasteiger partial charge in [-0.15, -0.1) is 0 Å². The third-order valence-electron chi connectivity index (χ3n) is 6.05. The molecule has 0 N–H and O–H groups in total. The Labute approximate surface area is 201 Å². The Kier molecular flexibility index (Phi) is 11.2. The van der Waals surface area contributed by atoms with Crippen LogP contribution in [0.5, 0.6) is 0 Å². The molecule has 0 aliphatic carbocycles. The van der Waals surface area contributed by atoms with Crippen LogP contribution in [0.15, 0.2) is 60.7 Å². The first-order valence-corrected chi connectivity index (χ1v) is 11.8. The summed E-state index contributed by atoms with van der Waals surface area (Å²) in [5.41, 5.74) is 1.13. The number of amides is 1. The Morgan fingerprint density at radius 2 is 1.53 bits per heavy atom. The minimum atomic E-state index is -0.952. The zero-order valence-electron chi connectivity index (χ0n) is 20.1. The molecule has 2 aromatic carbocycles. The topological polar surface area (TPSA) is 84.0 Å². The average Bonchev–Trinajstić information content (AvgIpc) is 2.88. The fourth-order valence-corrected chi connectivity index (χ4v) is 4.29. The monoisotopic (exact) mass is 466 g/mol. The van der Waals surface area contributed by atoms with Crippen LogP contribution in [0.1, 0.15) is 45.1 Å². The summed E-state index contributed by atoms with van der Waals surface area (Å²) >= 11 is 0. The fraction of sp³-hybridized carbons (Fsp3) is 0.444. The molecule has 1 heterocycles. The summed E-state index contributed by atoms with van der Waals surface area (Å²) in [5, 5.41) is 0. The van der Waals surface area contributed by atoms with Crippen molar-refractivity contribution in [3.8, 4) is 0 Å². The van der Waals surface area contributed by atoms with Crippen molar-refractivity contribution in [2.24, 2.45) is 0 Å². The number of rotatable bonds is 9. The predicted molar refractivity (Wildman–Crippen MR) is 129 cm³/mol. The Balaban J connectivity index is 0.00000129. The van der Waals surface area contributed by atoms with E-state index in [9.17, 15) is 9.59 Å². The number of ether oxygens (including phenoxy) is 1. The number of nitrogens with zero attached hydrogens (tertiary/aromatic N) is 2. The molecule has 1 saturated heterocycles. The SMILES string of the molecule is CCCOC(=O)C1(N(C(=O)CC)c2ccccc2)CCN(CCc2ccccc2)CC1.O=C=O. The molecule has 34 heavy (non-hydrogen) atoms. The summed E-state index contributed by atoms with van der Waals surface area (Å²) in [6, 6.07) is 20.0. The van der Waals surface area contributed by atoms with Crippen molar-refractivity contribution in [2.75, 3.05) is 31.1 Å². The van der Waals surface area contributed by atoms with Crippen LogP contribution in [0.2, 0.25) is 0 Å². The van der Waals surface area contributed by atoms with Gasteiger partial charge >= 0.3 is 12.1 Å². The van der Waals surface area contributed by atoms with E-state index in [1.54, 1.807) is 4.90 Å². The van der Waals surface area contributed by atoms with Gasteiger partial charge in [0.2, 0.25) is 5.91 Å². The van der Waals surface area contributed by atoms with Gasteiger partial charge in [-0.25, -0.2) is 4.79 Å². The molecule has 2 aromatic rings. The van der Waals surface area contributed by atoms with Crippen LogP contribution in [-0.4, -0.2) is 54.7 Å². The molecule has 0 unspecified atom stereocenters. The molecule has 0 radical (unpaired) electrons. The van der Waals surface area contributed by atoms with E-state index in [-0.39, 0.29) is 18.0 Å². The smallest absolute Gasteiger partial charge is 0.373 e. The van der Waals surface area contributed by atoms with Gasteiger partial charge in [0, 0.05) is 31.7 Å². The van der Waals surface area contributed by atoms with E-state index in [1.165, 1.54) is 5.56 Å². The molecule has 0 aromatic heterocycles. The number of piperidine rings is 1. The van der Waals surface area contributed by atoms with Crippen LogP contribution >= 0.6 is 0 Å². The molecule has 3 rings (SSSR count). The summed E-state index contributed by atoms with van der Waals surface area (Å²) in [6.07, 6.45) is 3.48. The van der Waals surface area contributed by atoms with Gasteiger partial charge < -0.3 is 9.64 Å². The van der Waals surface area contributed by atoms with E-state index in [4.69, 9.17) is 14.3 Å². The van der Waals surface area contributed by atoms with Gasteiger partial charge in [0.25, 0.3) is 0 Å². The van der Waals surface area contributed by atoms with Gasteiger partial charge in [0.1, 0.15) is 5.54 Å². The number of benzene rings is 2. The van der Waals surface area contributed by atoms with Crippen molar-refractivity contribution in [1.82, 2.24) is 4.90 Å². The first-order valence-electron chi connectivity index (χ1n) is 11.8. The maximum absolute atomic E-state index is 13.4. The van der Waals surface area contributed by atoms with Gasteiger partial charge in [-0.1, -0.05) is 62.4 Å². The molecule has 1 aliphatic rings. The van der Waals surface area contributed by atoms with Crippen molar-refractivity contribution in [1.29, 1.82) is 0 Å². The Bertz CT molecular complexity index is 919. The van der Waals surface area contributed by atoms with Crippen LogP contribution in [0.3, 0.4) is 0 Å². The summed E-state index contributed by atoms with van der Waals surface area (Å²) in [4.78, 5) is 46.8. The molecule has 1 fully saturated rings. The lowest BCUT2D eigenvalue weighted by Gasteiger charge is -2.46. The van der Waals surface area contributed by atoms with Crippen LogP contribution < -0.4 is 4.90 Å². The van der Waals surface area contributed by atoms with Gasteiger partial charge in [0.05, 0.1) is 6.61 Å². The van der Waals surface area contributed by atoms with Gasteiger partial charge in [0.15, 0.2) is 0 Å². The second kappa shape index (κ2) is 14.1. The highest BCUT2D eigenvalue weighted by atomic mass is 16.5. The van der Waals surface area contributed by atoms with Crippen molar-refractivity contribution >= 4 is 23.7 Å². The largest absolute Gasteiger partial charge is 0.464 e. The molecule has 1 aliphatic heterocycles. The summed E-state index contributed by atoms with van der Waals surface area (Å²) in [5.74, 6) is -0.319. The minimum absolute atomic E-state index is 0.0441. The van der Waals surface area contributed by atoms with E-state index in [0.717, 1.165) is 38.2 Å². The lowest BCUT2D eigenvalue weighted by atomic mass is 9.84. The van der Waals surface area contributed by atoms with E-state index < -0.39 is 5.54 Å². The van der Waals surface area contributed by atoms with Crippen molar-refractivity contribution in [3.05, 3.63) is 66.2 Å². The first kappa shape index (κ1) is 27.0. The van der Waals surface area contributed by atoms with Crippen LogP contribution in [-0.2, 0) is 30.3 Å². The Morgan fingerprint density at radius 1 is 0.971 bits per heavy atom. The highest BCUT2D eigenvalue weighted by Crippen LogP contribution is 2.35. The van der Waals surface area contributed by atoms with E-state index in [0.29, 0.717) is 25.9 Å². The first-order chi connectivity index (χ1) is 16.5. The zero-order chi connectivity index (χ0) is 24.8. The van der Waals surface area contributed by atoms with E-state index in [2.05, 4.69) is 29.2 Å². The van der Waals surface area contributed by atoms with Crippen LogP contribution in [0.25, 0.3) is 0 Å². The molecule has 7 nitrogen and oxygen atoms in total. The number of esters is 1. The Morgan fingerprint density at radius 3 is 2.06 bits per heavy atom. The van der Waals surface area contributed by atoms with Gasteiger partial charge in [-0.05, 0) is 43.4 Å². The molecule has 0 bridgehead atoms. The number of likely N-dealkylation sites (tertiary alicyclic amines) is 1. The molecule has 182 valence electrons. The summed E-state index contributed by atoms with van der Waals surface area (Å²) < 4.78 is 5.64. The van der Waals surface area contributed by atoms with E-state index >= 15 is 0 Å². The fourth-order valence-electron chi connectivity index (χ4n) is 4.29. The van der Waals surface area contributed by atoms with Gasteiger partial charge in [-0.3, -0.25) is 9.69 Å². The molecular formula is C27H34N2O5. The third-order valence-corrected chi connectivity index (χ3v) is 6.05. The average molecular weight is 467 g/mol. The van der Waals surface area contributed by atoms with Crippen molar-refractivity contribution in [3.63, 3.8) is 0 Å². The van der Waals surface area contributed by atoms with Gasteiger partial charge in [-0.2, -0.15) is 9.59 Å². The summed E-state index contributed by atoms with van der Waals surface area (Å²) in [7, 11) is 0. The maximum atomic E-state index is 13.4. The molecule has 1 amide bonds. The van der Waals surface area contributed by atoms with Crippen molar-refractivity contribution < 1.29 is 23.9 Å². The minimum Gasteiger partial charge on any atom is -0.464 e.